The molecular weight excluding hydrogens is 256 g/mol. The maximum Gasteiger partial charge on any atom is 0.221 e. The van der Waals surface area contributed by atoms with Gasteiger partial charge in [-0.15, -0.1) is 11.3 Å². The van der Waals surface area contributed by atoms with Gasteiger partial charge in [-0.05, 0) is 44.4 Å². The Bertz CT molecular complexity index is 490. The molecule has 1 N–H and O–H groups in total. The zero-order valence-electron chi connectivity index (χ0n) is 11.3. The van der Waals surface area contributed by atoms with Gasteiger partial charge in [0.05, 0.1) is 6.04 Å². The van der Waals surface area contributed by atoms with Crippen molar-refractivity contribution in [1.29, 1.82) is 0 Å². The quantitative estimate of drug-likeness (QED) is 0.838. The van der Waals surface area contributed by atoms with Crippen molar-refractivity contribution in [3.63, 3.8) is 0 Å². The Balaban J connectivity index is 1.61. The molecule has 0 aromatic carbocycles. The SMILES string of the molecule is Cc1csc([C@@H](NC(=O)C[C@@H]2C=CCC2)C2CC2)n1. The first-order valence-electron chi connectivity index (χ1n) is 7.10. The molecule has 1 fully saturated rings. The van der Waals surface area contributed by atoms with Gasteiger partial charge in [-0.25, -0.2) is 4.98 Å². The molecule has 2 aliphatic rings. The molecule has 19 heavy (non-hydrogen) atoms. The Morgan fingerprint density at radius 1 is 1.53 bits per heavy atom. The first kappa shape index (κ1) is 12.9. The predicted molar refractivity (Wildman–Crippen MR) is 76.9 cm³/mol. The summed E-state index contributed by atoms with van der Waals surface area (Å²) in [7, 11) is 0. The smallest absolute Gasteiger partial charge is 0.221 e. The number of carbonyl (C=O) groups excluding carboxylic acids is 1. The molecule has 0 radical (unpaired) electrons. The molecule has 4 heteroatoms. The van der Waals surface area contributed by atoms with Crippen LogP contribution in [0.4, 0.5) is 0 Å². The third-order valence-electron chi connectivity index (χ3n) is 3.87. The molecule has 1 heterocycles. The summed E-state index contributed by atoms with van der Waals surface area (Å²) in [5.74, 6) is 1.23. The maximum atomic E-state index is 12.2. The van der Waals surface area contributed by atoms with Crippen LogP contribution < -0.4 is 5.32 Å². The summed E-state index contributed by atoms with van der Waals surface area (Å²) in [6, 6.07) is 0.150. The van der Waals surface area contributed by atoms with E-state index >= 15 is 0 Å². The van der Waals surface area contributed by atoms with E-state index in [2.05, 4.69) is 27.8 Å². The molecule has 0 unspecified atom stereocenters. The third kappa shape index (κ3) is 3.24. The van der Waals surface area contributed by atoms with Gasteiger partial charge in [0, 0.05) is 17.5 Å². The van der Waals surface area contributed by atoms with Crippen LogP contribution >= 0.6 is 11.3 Å². The van der Waals surface area contributed by atoms with Crippen LogP contribution in [0.1, 0.15) is 48.8 Å². The number of rotatable bonds is 5. The standard InChI is InChI=1S/C15H20N2OS/c1-10-9-19-15(16-10)14(12-6-7-12)17-13(18)8-11-4-2-3-5-11/h2,4,9,11-12,14H,3,5-8H2,1H3,(H,17,18)/t11-,14+/m1/s1. The molecule has 1 saturated carbocycles. The minimum Gasteiger partial charge on any atom is -0.347 e. The monoisotopic (exact) mass is 276 g/mol. The highest BCUT2D eigenvalue weighted by atomic mass is 32.1. The summed E-state index contributed by atoms with van der Waals surface area (Å²) >= 11 is 1.67. The Hall–Kier alpha value is -1.16. The summed E-state index contributed by atoms with van der Waals surface area (Å²) in [5.41, 5.74) is 1.05. The number of nitrogens with one attached hydrogen (secondary N) is 1. The van der Waals surface area contributed by atoms with Gasteiger partial charge in [0.2, 0.25) is 5.91 Å². The van der Waals surface area contributed by atoms with Gasteiger partial charge in [-0.3, -0.25) is 4.79 Å². The van der Waals surface area contributed by atoms with E-state index in [4.69, 9.17) is 0 Å². The van der Waals surface area contributed by atoms with Crippen LogP contribution in [0, 0.1) is 18.8 Å². The topological polar surface area (TPSA) is 42.0 Å². The fourth-order valence-corrected chi connectivity index (χ4v) is 3.60. The zero-order chi connectivity index (χ0) is 13.2. The Morgan fingerprint density at radius 2 is 2.37 bits per heavy atom. The minimum absolute atomic E-state index is 0.150. The Kier molecular flexibility index (Phi) is 3.69. The predicted octanol–water partition coefficient (Wildman–Crippen LogP) is 3.38. The van der Waals surface area contributed by atoms with Crippen molar-refractivity contribution in [2.75, 3.05) is 0 Å². The van der Waals surface area contributed by atoms with Gasteiger partial charge in [-0.1, -0.05) is 12.2 Å². The highest BCUT2D eigenvalue weighted by Crippen LogP contribution is 2.42. The van der Waals surface area contributed by atoms with E-state index in [-0.39, 0.29) is 11.9 Å². The van der Waals surface area contributed by atoms with Crippen molar-refractivity contribution < 1.29 is 4.79 Å². The van der Waals surface area contributed by atoms with E-state index in [1.807, 2.05) is 6.92 Å². The number of carbonyl (C=O) groups is 1. The Labute approximate surface area is 118 Å². The molecule has 3 nitrogen and oxygen atoms in total. The summed E-state index contributed by atoms with van der Waals surface area (Å²) in [4.78, 5) is 16.7. The molecule has 2 atom stereocenters. The van der Waals surface area contributed by atoms with Crippen LogP contribution in [-0.2, 0) is 4.79 Å². The van der Waals surface area contributed by atoms with Crippen LogP contribution in [0.5, 0.6) is 0 Å². The number of aryl methyl sites for hydroxylation is 1. The van der Waals surface area contributed by atoms with Crippen LogP contribution in [0.15, 0.2) is 17.5 Å². The van der Waals surface area contributed by atoms with Crippen molar-refractivity contribution >= 4 is 17.2 Å². The van der Waals surface area contributed by atoms with Crippen molar-refractivity contribution in [1.82, 2.24) is 10.3 Å². The molecule has 0 bridgehead atoms. The van der Waals surface area contributed by atoms with E-state index in [0.717, 1.165) is 23.5 Å². The lowest BCUT2D eigenvalue weighted by atomic mass is 10.0. The number of aromatic nitrogens is 1. The summed E-state index contributed by atoms with van der Waals surface area (Å²) in [5, 5.41) is 6.36. The first-order valence-corrected chi connectivity index (χ1v) is 7.98. The molecular formula is C15H20N2OS. The summed E-state index contributed by atoms with van der Waals surface area (Å²) in [6.45, 7) is 2.01. The van der Waals surface area contributed by atoms with Crippen molar-refractivity contribution in [2.24, 2.45) is 11.8 Å². The molecule has 0 aliphatic heterocycles. The lowest BCUT2D eigenvalue weighted by Crippen LogP contribution is -2.30. The molecule has 1 aromatic heterocycles. The molecule has 0 spiro atoms. The molecule has 1 amide bonds. The molecule has 0 saturated heterocycles. The van der Waals surface area contributed by atoms with Gasteiger partial charge in [-0.2, -0.15) is 0 Å². The van der Waals surface area contributed by atoms with Crippen LogP contribution in [-0.4, -0.2) is 10.9 Å². The van der Waals surface area contributed by atoms with E-state index in [9.17, 15) is 4.79 Å². The minimum atomic E-state index is 0.150. The highest BCUT2D eigenvalue weighted by Gasteiger charge is 2.35. The first-order chi connectivity index (χ1) is 9.22. The zero-order valence-corrected chi connectivity index (χ0v) is 12.1. The highest BCUT2D eigenvalue weighted by molar-refractivity contribution is 7.09. The molecule has 3 rings (SSSR count). The van der Waals surface area contributed by atoms with E-state index in [1.165, 1.54) is 12.8 Å². The van der Waals surface area contributed by atoms with E-state index in [0.29, 0.717) is 18.3 Å². The average molecular weight is 276 g/mol. The number of hydrogen-bond donors (Lipinski definition) is 1. The normalized spacial score (nSPS) is 23.5. The molecule has 1 aromatic rings. The van der Waals surface area contributed by atoms with Gasteiger partial charge >= 0.3 is 0 Å². The third-order valence-corrected chi connectivity index (χ3v) is 4.92. The van der Waals surface area contributed by atoms with Crippen molar-refractivity contribution in [3.05, 3.63) is 28.2 Å². The van der Waals surface area contributed by atoms with Crippen LogP contribution in [0.3, 0.4) is 0 Å². The average Bonchev–Trinajstić information content (AvgIpc) is 2.93. The fourth-order valence-electron chi connectivity index (χ4n) is 2.66. The number of thiazole rings is 1. The van der Waals surface area contributed by atoms with Gasteiger partial charge in [0.15, 0.2) is 0 Å². The maximum absolute atomic E-state index is 12.2. The van der Waals surface area contributed by atoms with Crippen LogP contribution in [0.25, 0.3) is 0 Å². The Morgan fingerprint density at radius 3 is 2.95 bits per heavy atom. The van der Waals surface area contributed by atoms with Gasteiger partial charge < -0.3 is 5.32 Å². The number of amides is 1. The second-order valence-electron chi connectivity index (χ2n) is 5.68. The second kappa shape index (κ2) is 5.45. The summed E-state index contributed by atoms with van der Waals surface area (Å²) in [6.07, 6.45) is 9.66. The van der Waals surface area contributed by atoms with Crippen molar-refractivity contribution in [2.45, 2.75) is 45.1 Å². The van der Waals surface area contributed by atoms with Gasteiger partial charge in [0.25, 0.3) is 0 Å². The second-order valence-corrected chi connectivity index (χ2v) is 6.57. The molecule has 102 valence electrons. The summed E-state index contributed by atoms with van der Waals surface area (Å²) < 4.78 is 0. The number of nitrogens with zero attached hydrogens (tertiary/aromatic N) is 1. The lowest BCUT2D eigenvalue weighted by molar-refractivity contribution is -0.122. The van der Waals surface area contributed by atoms with E-state index < -0.39 is 0 Å². The largest absolute Gasteiger partial charge is 0.347 e. The van der Waals surface area contributed by atoms with Crippen LogP contribution in [0.2, 0.25) is 0 Å². The number of hydrogen-bond acceptors (Lipinski definition) is 3. The van der Waals surface area contributed by atoms with E-state index in [1.54, 1.807) is 11.3 Å². The number of allylic oxidation sites excluding steroid dienone is 2. The molecule has 2 aliphatic carbocycles. The fraction of sp³-hybridized carbons (Fsp3) is 0.600. The van der Waals surface area contributed by atoms with Crippen molar-refractivity contribution in [3.8, 4) is 0 Å². The lowest BCUT2D eigenvalue weighted by Gasteiger charge is -2.17. The van der Waals surface area contributed by atoms with Gasteiger partial charge in [0.1, 0.15) is 5.01 Å².